The summed E-state index contributed by atoms with van der Waals surface area (Å²) < 4.78 is 5.17. The van der Waals surface area contributed by atoms with Crippen LogP contribution in [0.25, 0.3) is 0 Å². The minimum atomic E-state index is -0.0132. The van der Waals surface area contributed by atoms with E-state index < -0.39 is 0 Å². The van der Waals surface area contributed by atoms with E-state index in [0.717, 1.165) is 31.6 Å². The van der Waals surface area contributed by atoms with E-state index in [1.807, 2.05) is 31.7 Å². The summed E-state index contributed by atoms with van der Waals surface area (Å²) in [5, 5.41) is 0. The lowest BCUT2D eigenvalue weighted by Crippen LogP contribution is -2.33. The van der Waals surface area contributed by atoms with Crippen LogP contribution >= 0.6 is 0 Å². The van der Waals surface area contributed by atoms with Crippen LogP contribution in [-0.2, 0) is 0 Å². The van der Waals surface area contributed by atoms with Crippen molar-refractivity contribution >= 4 is 5.91 Å². The zero-order valence-corrected chi connectivity index (χ0v) is 13.7. The Kier molecular flexibility index (Phi) is 9.43. The summed E-state index contributed by atoms with van der Waals surface area (Å²) in [4.78, 5) is 18.5. The van der Waals surface area contributed by atoms with E-state index >= 15 is 0 Å². The highest BCUT2D eigenvalue weighted by Gasteiger charge is 2.16. The maximum atomic E-state index is 12.4. The van der Waals surface area contributed by atoms with Gasteiger partial charge in [-0.15, -0.1) is 0 Å². The first kappa shape index (κ1) is 18.4. The molecule has 114 valence electrons. The van der Waals surface area contributed by atoms with Gasteiger partial charge in [-0.05, 0) is 19.8 Å². The van der Waals surface area contributed by atoms with Gasteiger partial charge in [-0.25, -0.2) is 4.98 Å². The van der Waals surface area contributed by atoms with Crippen LogP contribution < -0.4 is 4.74 Å². The maximum Gasteiger partial charge on any atom is 0.272 e. The number of carbonyl (C=O) groups excluding carboxylic acids is 1. The quantitative estimate of drug-likeness (QED) is 0.798. The fourth-order valence-electron chi connectivity index (χ4n) is 1.88. The molecule has 1 rings (SSSR count). The van der Waals surface area contributed by atoms with Gasteiger partial charge < -0.3 is 9.64 Å². The smallest absolute Gasteiger partial charge is 0.272 e. The zero-order chi connectivity index (χ0) is 15.5. The van der Waals surface area contributed by atoms with Crippen molar-refractivity contribution in [3.8, 4) is 5.75 Å². The summed E-state index contributed by atoms with van der Waals surface area (Å²) in [5.41, 5.74) is 1.26. The van der Waals surface area contributed by atoms with E-state index in [1.54, 1.807) is 13.2 Å². The van der Waals surface area contributed by atoms with Gasteiger partial charge in [0.1, 0.15) is 11.4 Å². The van der Waals surface area contributed by atoms with Crippen molar-refractivity contribution in [3.63, 3.8) is 0 Å². The molecule has 0 spiro atoms. The van der Waals surface area contributed by atoms with Gasteiger partial charge in [-0.2, -0.15) is 0 Å². The Morgan fingerprint density at radius 3 is 2.20 bits per heavy atom. The number of hydrogen-bond donors (Lipinski definition) is 0. The Labute approximate surface area is 123 Å². The van der Waals surface area contributed by atoms with Crippen LogP contribution in [0.3, 0.4) is 0 Å². The monoisotopic (exact) mass is 280 g/mol. The van der Waals surface area contributed by atoms with Crippen LogP contribution in [0, 0.1) is 6.92 Å². The Morgan fingerprint density at radius 1 is 1.20 bits per heavy atom. The third kappa shape index (κ3) is 5.59. The fraction of sp³-hybridized carbons (Fsp3) is 0.625. The zero-order valence-electron chi connectivity index (χ0n) is 13.7. The van der Waals surface area contributed by atoms with E-state index in [9.17, 15) is 4.79 Å². The molecule has 0 saturated carbocycles. The molecule has 1 heterocycles. The molecule has 1 amide bonds. The van der Waals surface area contributed by atoms with Crippen molar-refractivity contribution in [1.29, 1.82) is 0 Å². The fourth-order valence-corrected chi connectivity index (χ4v) is 1.88. The predicted octanol–water partition coefficient (Wildman–Crippen LogP) is 3.69. The number of pyridine rings is 1. The first-order valence-electron chi connectivity index (χ1n) is 7.44. The normalized spacial score (nSPS) is 9.50. The summed E-state index contributed by atoms with van der Waals surface area (Å²) in [5.74, 6) is 0.666. The van der Waals surface area contributed by atoms with Crippen LogP contribution in [0.4, 0.5) is 0 Å². The van der Waals surface area contributed by atoms with Crippen LogP contribution in [0.2, 0.25) is 0 Å². The van der Waals surface area contributed by atoms with E-state index in [0.29, 0.717) is 11.4 Å². The van der Waals surface area contributed by atoms with Crippen molar-refractivity contribution < 1.29 is 9.53 Å². The van der Waals surface area contributed by atoms with Crippen molar-refractivity contribution in [1.82, 2.24) is 9.88 Å². The van der Waals surface area contributed by atoms with Gasteiger partial charge in [0.2, 0.25) is 0 Å². The molecule has 4 nitrogen and oxygen atoms in total. The molecule has 0 aliphatic rings. The van der Waals surface area contributed by atoms with Gasteiger partial charge in [-0.3, -0.25) is 4.79 Å². The van der Waals surface area contributed by atoms with Crippen molar-refractivity contribution in [2.45, 2.75) is 47.5 Å². The predicted molar refractivity (Wildman–Crippen MR) is 83.4 cm³/mol. The minimum absolute atomic E-state index is 0.0132. The first-order chi connectivity index (χ1) is 9.62. The Balaban J connectivity index is 0.00000172. The second-order valence-corrected chi connectivity index (χ2v) is 4.33. The highest BCUT2D eigenvalue weighted by molar-refractivity contribution is 5.92. The third-order valence-electron chi connectivity index (χ3n) is 2.66. The second kappa shape index (κ2) is 10.2. The molecule has 0 atom stereocenters. The summed E-state index contributed by atoms with van der Waals surface area (Å²) in [6.07, 6.45) is 1.91. The van der Waals surface area contributed by atoms with Gasteiger partial charge >= 0.3 is 0 Å². The number of methoxy groups -OCH3 is 1. The Bertz CT molecular complexity index is 399. The largest absolute Gasteiger partial charge is 0.497 e. The van der Waals surface area contributed by atoms with Gasteiger partial charge in [0, 0.05) is 30.9 Å². The van der Waals surface area contributed by atoms with E-state index in [-0.39, 0.29) is 5.91 Å². The Morgan fingerprint density at radius 2 is 1.75 bits per heavy atom. The lowest BCUT2D eigenvalue weighted by molar-refractivity contribution is 0.0749. The molecule has 4 heteroatoms. The van der Waals surface area contributed by atoms with Crippen molar-refractivity contribution in [2.75, 3.05) is 20.2 Å². The third-order valence-corrected chi connectivity index (χ3v) is 2.66. The van der Waals surface area contributed by atoms with Gasteiger partial charge in [0.25, 0.3) is 5.91 Å². The average Bonchev–Trinajstić information content (AvgIpc) is 2.47. The molecule has 1 aromatic heterocycles. The average molecular weight is 280 g/mol. The molecule has 0 radical (unpaired) electrons. The number of hydrogen-bond acceptors (Lipinski definition) is 3. The molecule has 20 heavy (non-hydrogen) atoms. The molecule has 0 aromatic carbocycles. The number of rotatable bonds is 6. The SMILES string of the molecule is CC.CCCN(CCC)C(=O)c1cc(OC)cc(C)n1. The van der Waals surface area contributed by atoms with Gasteiger partial charge in [0.05, 0.1) is 7.11 Å². The second-order valence-electron chi connectivity index (χ2n) is 4.33. The topological polar surface area (TPSA) is 42.4 Å². The van der Waals surface area contributed by atoms with Gasteiger partial charge in [0.15, 0.2) is 0 Å². The van der Waals surface area contributed by atoms with Crippen LogP contribution in [-0.4, -0.2) is 36.0 Å². The first-order valence-corrected chi connectivity index (χ1v) is 7.44. The Hall–Kier alpha value is -1.58. The minimum Gasteiger partial charge on any atom is -0.497 e. The number of carbonyl (C=O) groups is 1. The lowest BCUT2D eigenvalue weighted by Gasteiger charge is -2.21. The molecule has 0 bridgehead atoms. The van der Waals surface area contributed by atoms with Gasteiger partial charge in [-0.1, -0.05) is 27.7 Å². The molecule has 0 aliphatic heterocycles. The molecule has 0 fully saturated rings. The standard InChI is InChI=1S/C14H22N2O2.C2H6/c1-5-7-16(8-6-2)14(17)13-10-12(18-4)9-11(3)15-13;1-2/h9-10H,5-8H2,1-4H3;1-2H3. The lowest BCUT2D eigenvalue weighted by atomic mass is 10.2. The summed E-state index contributed by atoms with van der Waals surface area (Å²) >= 11 is 0. The summed E-state index contributed by atoms with van der Waals surface area (Å²) in [6, 6.07) is 3.52. The van der Waals surface area contributed by atoms with E-state index in [4.69, 9.17) is 4.74 Å². The molecule has 0 unspecified atom stereocenters. The van der Waals surface area contributed by atoms with Crippen LogP contribution in [0.5, 0.6) is 5.75 Å². The molecule has 1 aromatic rings. The summed E-state index contributed by atoms with van der Waals surface area (Å²) in [7, 11) is 1.60. The van der Waals surface area contributed by atoms with Crippen LogP contribution in [0.15, 0.2) is 12.1 Å². The van der Waals surface area contributed by atoms with Crippen molar-refractivity contribution in [2.24, 2.45) is 0 Å². The number of ether oxygens (including phenoxy) is 1. The molecule has 0 N–H and O–H groups in total. The molecule has 0 aliphatic carbocycles. The molecular weight excluding hydrogens is 252 g/mol. The number of amides is 1. The number of nitrogens with zero attached hydrogens (tertiary/aromatic N) is 2. The highest BCUT2D eigenvalue weighted by atomic mass is 16.5. The van der Waals surface area contributed by atoms with Crippen molar-refractivity contribution in [3.05, 3.63) is 23.5 Å². The maximum absolute atomic E-state index is 12.4. The number of aromatic nitrogens is 1. The highest BCUT2D eigenvalue weighted by Crippen LogP contribution is 2.15. The van der Waals surface area contributed by atoms with E-state index in [2.05, 4.69) is 18.8 Å². The molecular formula is C16H28N2O2. The van der Waals surface area contributed by atoms with Crippen LogP contribution in [0.1, 0.15) is 56.7 Å². The molecule has 0 saturated heterocycles. The number of aryl methyl sites for hydroxylation is 1. The van der Waals surface area contributed by atoms with E-state index in [1.165, 1.54) is 0 Å². The summed E-state index contributed by atoms with van der Waals surface area (Å²) in [6.45, 7) is 11.5.